The Hall–Kier alpha value is -0.900. The van der Waals surface area contributed by atoms with Gasteiger partial charge in [0.25, 0.3) is 0 Å². The van der Waals surface area contributed by atoms with Gasteiger partial charge in [-0.05, 0) is 42.5 Å². The van der Waals surface area contributed by atoms with Gasteiger partial charge in [-0.25, -0.2) is 0 Å². The summed E-state index contributed by atoms with van der Waals surface area (Å²) in [5.41, 5.74) is 4.38. The Morgan fingerprint density at radius 1 is 1.32 bits per heavy atom. The van der Waals surface area contributed by atoms with E-state index in [9.17, 15) is 0 Å². The van der Waals surface area contributed by atoms with Crippen LogP contribution in [-0.4, -0.2) is 31.7 Å². The zero-order valence-corrected chi connectivity index (χ0v) is 11.8. The molecule has 0 spiro atoms. The van der Waals surface area contributed by atoms with Crippen LogP contribution in [0.2, 0.25) is 0 Å². The SMILES string of the molecule is CN(Cc1ccc2c(c1)CNC2)CC1CCCOC1. The van der Waals surface area contributed by atoms with Gasteiger partial charge < -0.3 is 15.0 Å². The topological polar surface area (TPSA) is 24.5 Å². The number of hydrogen-bond acceptors (Lipinski definition) is 3. The number of hydrogen-bond donors (Lipinski definition) is 1. The summed E-state index contributed by atoms with van der Waals surface area (Å²) in [4.78, 5) is 2.43. The highest BCUT2D eigenvalue weighted by atomic mass is 16.5. The third kappa shape index (κ3) is 3.35. The molecule has 3 heteroatoms. The fourth-order valence-corrected chi connectivity index (χ4v) is 3.21. The lowest BCUT2D eigenvalue weighted by molar-refractivity contribution is 0.0411. The molecular formula is C16H24N2O. The van der Waals surface area contributed by atoms with Gasteiger partial charge >= 0.3 is 0 Å². The van der Waals surface area contributed by atoms with Crippen molar-refractivity contribution in [1.29, 1.82) is 0 Å². The number of rotatable bonds is 4. The van der Waals surface area contributed by atoms with Gasteiger partial charge in [0, 0.05) is 32.8 Å². The summed E-state index contributed by atoms with van der Waals surface area (Å²) in [5, 5.41) is 3.40. The molecular weight excluding hydrogens is 236 g/mol. The first-order valence-electron chi connectivity index (χ1n) is 7.39. The fourth-order valence-electron chi connectivity index (χ4n) is 3.21. The van der Waals surface area contributed by atoms with Gasteiger partial charge in [0.2, 0.25) is 0 Å². The maximum atomic E-state index is 5.56. The van der Waals surface area contributed by atoms with Gasteiger partial charge in [-0.15, -0.1) is 0 Å². The quantitative estimate of drug-likeness (QED) is 0.898. The predicted octanol–water partition coefficient (Wildman–Crippen LogP) is 2.15. The van der Waals surface area contributed by atoms with Crippen LogP contribution in [0.5, 0.6) is 0 Å². The molecule has 3 nitrogen and oxygen atoms in total. The summed E-state index contributed by atoms with van der Waals surface area (Å²) in [7, 11) is 2.22. The number of ether oxygens (including phenoxy) is 1. The van der Waals surface area contributed by atoms with E-state index in [0.29, 0.717) is 0 Å². The molecule has 2 aliphatic heterocycles. The number of benzene rings is 1. The molecule has 2 heterocycles. The Morgan fingerprint density at radius 2 is 2.21 bits per heavy atom. The molecule has 1 aromatic rings. The second kappa shape index (κ2) is 6.04. The Labute approximate surface area is 115 Å². The average molecular weight is 260 g/mol. The second-order valence-electron chi connectivity index (χ2n) is 5.99. The van der Waals surface area contributed by atoms with Gasteiger partial charge in [-0.2, -0.15) is 0 Å². The van der Waals surface area contributed by atoms with Gasteiger partial charge in [0.1, 0.15) is 0 Å². The largest absolute Gasteiger partial charge is 0.381 e. The molecule has 2 aliphatic rings. The van der Waals surface area contributed by atoms with Crippen LogP contribution in [0.1, 0.15) is 29.5 Å². The molecule has 1 unspecified atom stereocenters. The molecule has 1 atom stereocenters. The van der Waals surface area contributed by atoms with Crippen molar-refractivity contribution in [2.45, 2.75) is 32.5 Å². The lowest BCUT2D eigenvalue weighted by atomic mass is 10.0. The molecule has 1 fully saturated rings. The van der Waals surface area contributed by atoms with Gasteiger partial charge in [-0.3, -0.25) is 0 Å². The Bertz CT molecular complexity index is 427. The van der Waals surface area contributed by atoms with Crippen LogP contribution in [0.25, 0.3) is 0 Å². The second-order valence-corrected chi connectivity index (χ2v) is 5.99. The van der Waals surface area contributed by atoms with Crippen molar-refractivity contribution in [3.63, 3.8) is 0 Å². The van der Waals surface area contributed by atoms with Gasteiger partial charge in [-0.1, -0.05) is 18.2 Å². The summed E-state index contributed by atoms with van der Waals surface area (Å²) < 4.78 is 5.56. The summed E-state index contributed by atoms with van der Waals surface area (Å²) >= 11 is 0. The average Bonchev–Trinajstić information content (AvgIpc) is 2.87. The highest BCUT2D eigenvalue weighted by Gasteiger charge is 2.16. The minimum atomic E-state index is 0.717. The van der Waals surface area contributed by atoms with Crippen LogP contribution in [0.4, 0.5) is 0 Å². The maximum Gasteiger partial charge on any atom is 0.0506 e. The van der Waals surface area contributed by atoms with Crippen LogP contribution >= 0.6 is 0 Å². The molecule has 0 bridgehead atoms. The van der Waals surface area contributed by atoms with Crippen molar-refractivity contribution in [3.05, 3.63) is 34.9 Å². The number of nitrogens with one attached hydrogen (secondary N) is 1. The van der Waals surface area contributed by atoms with Crippen molar-refractivity contribution < 1.29 is 4.74 Å². The zero-order valence-electron chi connectivity index (χ0n) is 11.8. The van der Waals surface area contributed by atoms with E-state index in [1.807, 2.05) is 0 Å². The van der Waals surface area contributed by atoms with Crippen LogP contribution in [-0.2, 0) is 24.4 Å². The Kier molecular flexibility index (Phi) is 4.16. The van der Waals surface area contributed by atoms with Gasteiger partial charge in [0.05, 0.1) is 6.61 Å². The van der Waals surface area contributed by atoms with E-state index in [1.165, 1.54) is 29.5 Å². The third-order valence-corrected chi connectivity index (χ3v) is 4.18. The van der Waals surface area contributed by atoms with E-state index in [0.717, 1.165) is 45.3 Å². The summed E-state index contributed by atoms with van der Waals surface area (Å²) in [6, 6.07) is 6.92. The lowest BCUT2D eigenvalue weighted by Crippen LogP contribution is -2.30. The first-order chi connectivity index (χ1) is 9.31. The minimum absolute atomic E-state index is 0.717. The Morgan fingerprint density at radius 3 is 3.05 bits per heavy atom. The summed E-state index contributed by atoms with van der Waals surface area (Å²) in [6.45, 7) is 6.16. The monoisotopic (exact) mass is 260 g/mol. The fraction of sp³-hybridized carbons (Fsp3) is 0.625. The molecule has 0 saturated carbocycles. The molecule has 19 heavy (non-hydrogen) atoms. The third-order valence-electron chi connectivity index (χ3n) is 4.18. The normalized spacial score (nSPS) is 22.7. The molecule has 3 rings (SSSR count). The van der Waals surface area contributed by atoms with Crippen LogP contribution in [0.15, 0.2) is 18.2 Å². The minimum Gasteiger partial charge on any atom is -0.381 e. The standard InChI is InChI=1S/C16H24N2O/c1-18(11-14-3-2-6-19-12-14)10-13-4-5-15-8-17-9-16(15)7-13/h4-5,7,14,17H,2-3,6,8-12H2,1H3. The van der Waals surface area contributed by atoms with Crippen molar-refractivity contribution in [2.24, 2.45) is 5.92 Å². The highest BCUT2D eigenvalue weighted by molar-refractivity contribution is 5.34. The van der Waals surface area contributed by atoms with Gasteiger partial charge in [0.15, 0.2) is 0 Å². The van der Waals surface area contributed by atoms with Crippen molar-refractivity contribution in [3.8, 4) is 0 Å². The van der Waals surface area contributed by atoms with Crippen molar-refractivity contribution >= 4 is 0 Å². The van der Waals surface area contributed by atoms with Crippen LogP contribution < -0.4 is 5.32 Å². The first kappa shape index (κ1) is 13.1. The number of fused-ring (bicyclic) bond motifs is 1. The van der Waals surface area contributed by atoms with Crippen molar-refractivity contribution in [2.75, 3.05) is 26.8 Å². The van der Waals surface area contributed by atoms with Crippen LogP contribution in [0, 0.1) is 5.92 Å². The molecule has 0 amide bonds. The molecule has 1 aromatic carbocycles. The number of nitrogens with zero attached hydrogens (tertiary/aromatic N) is 1. The van der Waals surface area contributed by atoms with Crippen molar-refractivity contribution in [1.82, 2.24) is 10.2 Å². The zero-order chi connectivity index (χ0) is 13.1. The Balaban J connectivity index is 1.55. The lowest BCUT2D eigenvalue weighted by Gasteiger charge is -2.27. The maximum absolute atomic E-state index is 5.56. The van der Waals surface area contributed by atoms with Crippen LogP contribution in [0.3, 0.4) is 0 Å². The van der Waals surface area contributed by atoms with E-state index in [2.05, 4.69) is 35.5 Å². The smallest absolute Gasteiger partial charge is 0.0506 e. The summed E-state index contributed by atoms with van der Waals surface area (Å²) in [6.07, 6.45) is 2.54. The molecule has 0 radical (unpaired) electrons. The molecule has 0 aromatic heterocycles. The van der Waals surface area contributed by atoms with E-state index in [-0.39, 0.29) is 0 Å². The predicted molar refractivity (Wildman–Crippen MR) is 76.9 cm³/mol. The molecule has 1 saturated heterocycles. The molecule has 0 aliphatic carbocycles. The molecule has 1 N–H and O–H groups in total. The summed E-state index contributed by atoms with van der Waals surface area (Å²) in [5.74, 6) is 0.717. The first-order valence-corrected chi connectivity index (χ1v) is 7.39. The highest BCUT2D eigenvalue weighted by Crippen LogP contribution is 2.19. The van der Waals surface area contributed by atoms with E-state index in [1.54, 1.807) is 0 Å². The van der Waals surface area contributed by atoms with E-state index in [4.69, 9.17) is 4.74 Å². The van der Waals surface area contributed by atoms with E-state index >= 15 is 0 Å². The van der Waals surface area contributed by atoms with E-state index < -0.39 is 0 Å². The molecule has 104 valence electrons.